The van der Waals surface area contributed by atoms with Gasteiger partial charge in [-0.3, -0.25) is 4.68 Å². The molecule has 0 saturated carbocycles. The molecular formula is C25H28F2N6O3S. The van der Waals surface area contributed by atoms with Crippen molar-refractivity contribution < 1.29 is 21.9 Å². The SMILES string of the molecule is C1CCOCC1.Cc1nc2ncnc(-c3ccc(F)cc3F)c2nc1C.O=S1(=O)CC(n2cccn2)C1. The van der Waals surface area contributed by atoms with Crippen molar-refractivity contribution in [3.8, 4) is 11.3 Å². The van der Waals surface area contributed by atoms with Gasteiger partial charge in [0.15, 0.2) is 15.5 Å². The van der Waals surface area contributed by atoms with E-state index in [1.807, 2.05) is 6.92 Å². The van der Waals surface area contributed by atoms with Gasteiger partial charge in [-0.15, -0.1) is 0 Å². The molecule has 2 aliphatic heterocycles. The van der Waals surface area contributed by atoms with Gasteiger partial charge >= 0.3 is 0 Å². The smallest absolute Gasteiger partial charge is 0.182 e. The molecule has 9 nitrogen and oxygen atoms in total. The molecule has 0 N–H and O–H groups in total. The van der Waals surface area contributed by atoms with E-state index in [9.17, 15) is 17.2 Å². The first-order valence-electron chi connectivity index (χ1n) is 11.9. The summed E-state index contributed by atoms with van der Waals surface area (Å²) in [5.41, 5.74) is 2.75. The largest absolute Gasteiger partial charge is 0.381 e. The third kappa shape index (κ3) is 6.89. The van der Waals surface area contributed by atoms with E-state index in [4.69, 9.17) is 4.74 Å². The minimum absolute atomic E-state index is 0.0787. The molecule has 0 radical (unpaired) electrons. The Bertz CT molecular complexity index is 1440. The van der Waals surface area contributed by atoms with Gasteiger partial charge in [0.05, 0.1) is 28.9 Å². The number of hydrogen-bond acceptors (Lipinski definition) is 8. The topological polar surface area (TPSA) is 113 Å². The molecule has 0 amide bonds. The number of sulfone groups is 1. The quantitative estimate of drug-likeness (QED) is 0.382. The van der Waals surface area contributed by atoms with Crippen LogP contribution in [-0.2, 0) is 14.6 Å². The first-order valence-corrected chi connectivity index (χ1v) is 13.7. The molecule has 6 rings (SSSR count). The lowest BCUT2D eigenvalue weighted by Gasteiger charge is -2.25. The predicted octanol–water partition coefficient (Wildman–Crippen LogP) is 4.02. The summed E-state index contributed by atoms with van der Waals surface area (Å²) in [6, 6.07) is 5.21. The maximum Gasteiger partial charge on any atom is 0.182 e. The highest BCUT2D eigenvalue weighted by atomic mass is 32.2. The summed E-state index contributed by atoms with van der Waals surface area (Å²) in [4.78, 5) is 16.8. The Morgan fingerprint density at radius 2 is 1.73 bits per heavy atom. The van der Waals surface area contributed by atoms with Crippen molar-refractivity contribution in [2.75, 3.05) is 24.7 Å². The van der Waals surface area contributed by atoms with Crippen LogP contribution >= 0.6 is 0 Å². The van der Waals surface area contributed by atoms with Gasteiger partial charge in [0.2, 0.25) is 0 Å². The first-order chi connectivity index (χ1) is 17.7. The van der Waals surface area contributed by atoms with Gasteiger partial charge in [0.1, 0.15) is 29.2 Å². The summed E-state index contributed by atoms with van der Waals surface area (Å²) in [6.07, 6.45) is 8.67. The van der Waals surface area contributed by atoms with Crippen LogP contribution in [0.15, 0.2) is 43.0 Å². The Balaban J connectivity index is 0.000000156. The van der Waals surface area contributed by atoms with Crippen molar-refractivity contribution in [1.29, 1.82) is 0 Å². The van der Waals surface area contributed by atoms with Crippen molar-refractivity contribution in [2.24, 2.45) is 0 Å². The Kier molecular flexibility index (Phi) is 8.49. The molecule has 0 bridgehead atoms. The average molecular weight is 531 g/mol. The van der Waals surface area contributed by atoms with Crippen molar-refractivity contribution in [2.45, 2.75) is 39.2 Å². The molecular weight excluding hydrogens is 502 g/mol. The fourth-order valence-electron chi connectivity index (χ4n) is 3.80. The molecule has 12 heteroatoms. The molecule has 196 valence electrons. The number of halogens is 2. The fourth-order valence-corrected chi connectivity index (χ4v) is 5.18. The van der Waals surface area contributed by atoms with E-state index in [1.54, 1.807) is 30.1 Å². The third-order valence-electron chi connectivity index (χ3n) is 5.93. The summed E-state index contributed by atoms with van der Waals surface area (Å²) < 4.78 is 55.2. The highest BCUT2D eigenvalue weighted by Gasteiger charge is 2.34. The van der Waals surface area contributed by atoms with Crippen LogP contribution in [0.4, 0.5) is 8.78 Å². The average Bonchev–Trinajstić information content (AvgIpc) is 3.40. The summed E-state index contributed by atoms with van der Waals surface area (Å²) >= 11 is 0. The fraction of sp³-hybridized carbons (Fsp3) is 0.400. The lowest BCUT2D eigenvalue weighted by atomic mass is 10.1. The second-order valence-corrected chi connectivity index (χ2v) is 11.0. The predicted molar refractivity (Wildman–Crippen MR) is 135 cm³/mol. The van der Waals surface area contributed by atoms with Crippen LogP contribution in [0.5, 0.6) is 0 Å². The number of benzene rings is 1. The van der Waals surface area contributed by atoms with Crippen LogP contribution in [0.3, 0.4) is 0 Å². The minimum atomic E-state index is -2.72. The van der Waals surface area contributed by atoms with E-state index in [1.165, 1.54) is 37.7 Å². The number of fused-ring (bicyclic) bond motifs is 1. The number of aryl methyl sites for hydroxylation is 2. The molecule has 2 fully saturated rings. The minimum Gasteiger partial charge on any atom is -0.381 e. The van der Waals surface area contributed by atoms with Gasteiger partial charge in [-0.05, 0) is 51.3 Å². The van der Waals surface area contributed by atoms with Crippen LogP contribution in [0.1, 0.15) is 36.7 Å². The zero-order valence-corrected chi connectivity index (χ0v) is 21.5. The molecule has 0 spiro atoms. The van der Waals surface area contributed by atoms with Gasteiger partial charge in [0.25, 0.3) is 0 Å². The van der Waals surface area contributed by atoms with Gasteiger partial charge in [-0.2, -0.15) is 5.10 Å². The normalized spacial score (nSPS) is 16.6. The maximum atomic E-state index is 13.9. The highest BCUT2D eigenvalue weighted by molar-refractivity contribution is 7.92. The van der Waals surface area contributed by atoms with E-state index in [0.717, 1.165) is 30.7 Å². The number of hydrogen-bond donors (Lipinski definition) is 0. The summed E-state index contributed by atoms with van der Waals surface area (Å²) in [7, 11) is -2.72. The van der Waals surface area contributed by atoms with Gasteiger partial charge in [-0.1, -0.05) is 0 Å². The molecule has 4 aromatic rings. The zero-order valence-electron chi connectivity index (χ0n) is 20.6. The molecule has 37 heavy (non-hydrogen) atoms. The molecule has 0 atom stereocenters. The Labute approximate surface area is 213 Å². The molecule has 0 unspecified atom stereocenters. The van der Waals surface area contributed by atoms with Crippen LogP contribution in [0.25, 0.3) is 22.4 Å². The van der Waals surface area contributed by atoms with E-state index < -0.39 is 21.5 Å². The number of nitrogens with zero attached hydrogens (tertiary/aromatic N) is 6. The van der Waals surface area contributed by atoms with Gasteiger partial charge in [-0.25, -0.2) is 37.1 Å². The Morgan fingerprint density at radius 3 is 2.30 bits per heavy atom. The molecule has 2 aliphatic rings. The summed E-state index contributed by atoms with van der Waals surface area (Å²) in [5.74, 6) is -0.837. The van der Waals surface area contributed by atoms with E-state index in [0.29, 0.717) is 16.9 Å². The first kappa shape index (κ1) is 26.7. The summed E-state index contributed by atoms with van der Waals surface area (Å²) in [5, 5.41) is 3.96. The summed E-state index contributed by atoms with van der Waals surface area (Å²) in [6.45, 7) is 5.63. The number of ether oxygens (including phenoxy) is 1. The van der Waals surface area contributed by atoms with Crippen molar-refractivity contribution in [3.05, 3.63) is 66.0 Å². The number of rotatable bonds is 2. The standard InChI is InChI=1S/C14H10F2N4.C6H8N2O2S.C5H10O/c1-7-8(2)20-14-13(19-7)12(17-6-18-14)10-4-3-9(15)5-11(10)16;9-11(10)4-6(5-11)8-3-1-2-7-8;1-2-4-6-5-3-1/h3-6H,1-2H3;1-3,6H,4-5H2;1-5H2. The zero-order chi connectivity index (χ0) is 26.4. The van der Waals surface area contributed by atoms with E-state index in [-0.39, 0.29) is 23.1 Å². The van der Waals surface area contributed by atoms with Crippen molar-refractivity contribution in [3.63, 3.8) is 0 Å². The molecule has 1 aromatic carbocycles. The Morgan fingerprint density at radius 1 is 1.00 bits per heavy atom. The van der Waals surface area contributed by atoms with E-state index in [2.05, 4.69) is 25.0 Å². The number of aromatic nitrogens is 6. The van der Waals surface area contributed by atoms with Crippen molar-refractivity contribution in [1.82, 2.24) is 29.7 Å². The second kappa shape index (κ2) is 11.8. The van der Waals surface area contributed by atoms with Crippen LogP contribution in [0, 0.1) is 25.5 Å². The van der Waals surface area contributed by atoms with Crippen LogP contribution in [0.2, 0.25) is 0 Å². The van der Waals surface area contributed by atoms with Gasteiger partial charge in [0, 0.05) is 37.2 Å². The molecule has 3 aromatic heterocycles. The second-order valence-electron chi connectivity index (χ2n) is 8.80. The molecule has 0 aliphatic carbocycles. The molecule has 5 heterocycles. The lowest BCUT2D eigenvalue weighted by Crippen LogP contribution is -2.38. The van der Waals surface area contributed by atoms with Crippen LogP contribution < -0.4 is 0 Å². The highest BCUT2D eigenvalue weighted by Crippen LogP contribution is 2.26. The van der Waals surface area contributed by atoms with Gasteiger partial charge < -0.3 is 4.74 Å². The van der Waals surface area contributed by atoms with Crippen molar-refractivity contribution >= 4 is 21.0 Å². The van der Waals surface area contributed by atoms with Crippen LogP contribution in [-0.4, -0.2) is 62.9 Å². The Hall–Kier alpha value is -3.38. The lowest BCUT2D eigenvalue weighted by molar-refractivity contribution is 0.0968. The third-order valence-corrected chi connectivity index (χ3v) is 7.72. The maximum absolute atomic E-state index is 13.9. The van der Waals surface area contributed by atoms with E-state index >= 15 is 0 Å². The monoisotopic (exact) mass is 530 g/mol. The molecule has 2 saturated heterocycles.